The third-order valence-electron chi connectivity index (χ3n) is 3.46. The van der Waals surface area contributed by atoms with Gasteiger partial charge in [0.1, 0.15) is 0 Å². The molecule has 1 fully saturated rings. The van der Waals surface area contributed by atoms with E-state index >= 15 is 0 Å². The topological polar surface area (TPSA) is 49.3 Å². The normalized spacial score (nSPS) is 23.3. The Morgan fingerprint density at radius 1 is 1.22 bits per heavy atom. The van der Waals surface area contributed by atoms with Crippen LogP contribution in [0.4, 0.5) is 0 Å². The minimum atomic E-state index is -0.237. The van der Waals surface area contributed by atoms with Crippen molar-refractivity contribution in [3.63, 3.8) is 0 Å². The first-order valence-corrected chi connectivity index (χ1v) is 6.46. The van der Waals surface area contributed by atoms with Crippen LogP contribution in [-0.4, -0.2) is 23.2 Å². The summed E-state index contributed by atoms with van der Waals surface area (Å²) in [6.07, 6.45) is 1.11. The van der Waals surface area contributed by atoms with Gasteiger partial charge in [0.15, 0.2) is 0 Å². The molecule has 0 aliphatic heterocycles. The summed E-state index contributed by atoms with van der Waals surface area (Å²) in [5.41, 5.74) is 2.01. The SMILES string of the molecule is CC(C)(C)c1ccc(C(=O)NC2CC(O)C2)cc1. The molecule has 3 nitrogen and oxygen atoms in total. The van der Waals surface area contributed by atoms with Crippen LogP contribution in [0.5, 0.6) is 0 Å². The summed E-state index contributed by atoms with van der Waals surface area (Å²) in [5, 5.41) is 12.1. The van der Waals surface area contributed by atoms with Gasteiger partial charge < -0.3 is 10.4 Å². The molecule has 0 radical (unpaired) electrons. The van der Waals surface area contributed by atoms with Crippen molar-refractivity contribution >= 4 is 5.91 Å². The Labute approximate surface area is 108 Å². The van der Waals surface area contributed by atoms with Gasteiger partial charge in [0.25, 0.3) is 5.91 Å². The lowest BCUT2D eigenvalue weighted by atomic mass is 9.86. The van der Waals surface area contributed by atoms with Crippen LogP contribution in [0.2, 0.25) is 0 Å². The highest BCUT2D eigenvalue weighted by Crippen LogP contribution is 2.23. The molecule has 1 saturated carbocycles. The van der Waals surface area contributed by atoms with E-state index in [9.17, 15) is 9.90 Å². The molecule has 0 atom stereocenters. The summed E-state index contributed by atoms with van der Waals surface area (Å²) in [6.45, 7) is 6.45. The monoisotopic (exact) mass is 247 g/mol. The van der Waals surface area contributed by atoms with Crippen molar-refractivity contribution in [1.82, 2.24) is 5.32 Å². The van der Waals surface area contributed by atoms with E-state index in [0.29, 0.717) is 18.4 Å². The number of hydrogen-bond acceptors (Lipinski definition) is 2. The van der Waals surface area contributed by atoms with Crippen LogP contribution in [0, 0.1) is 0 Å². The fourth-order valence-electron chi connectivity index (χ4n) is 2.10. The van der Waals surface area contributed by atoms with Crippen LogP contribution in [0.25, 0.3) is 0 Å². The van der Waals surface area contributed by atoms with Gasteiger partial charge in [0, 0.05) is 11.6 Å². The summed E-state index contributed by atoms with van der Waals surface area (Å²) >= 11 is 0. The zero-order valence-corrected chi connectivity index (χ0v) is 11.2. The Bertz CT molecular complexity index is 425. The molecular weight excluding hydrogens is 226 g/mol. The zero-order chi connectivity index (χ0) is 13.3. The number of amides is 1. The molecule has 2 N–H and O–H groups in total. The number of benzene rings is 1. The predicted octanol–water partition coefficient (Wildman–Crippen LogP) is 2.24. The second-order valence-electron chi connectivity index (χ2n) is 6.12. The molecule has 1 aliphatic rings. The predicted molar refractivity (Wildman–Crippen MR) is 71.6 cm³/mol. The minimum absolute atomic E-state index is 0.0487. The largest absolute Gasteiger partial charge is 0.393 e. The molecule has 3 heteroatoms. The van der Waals surface area contributed by atoms with Crippen LogP contribution in [0.1, 0.15) is 49.5 Å². The van der Waals surface area contributed by atoms with Crippen molar-refractivity contribution < 1.29 is 9.90 Å². The zero-order valence-electron chi connectivity index (χ0n) is 11.2. The van der Waals surface area contributed by atoms with E-state index in [4.69, 9.17) is 0 Å². The summed E-state index contributed by atoms with van der Waals surface area (Å²) in [4.78, 5) is 11.9. The lowest BCUT2D eigenvalue weighted by molar-refractivity contribution is 0.0562. The maximum absolute atomic E-state index is 11.9. The van der Waals surface area contributed by atoms with Crippen molar-refractivity contribution in [1.29, 1.82) is 0 Å². The number of aliphatic hydroxyl groups is 1. The highest BCUT2D eigenvalue weighted by atomic mass is 16.3. The van der Waals surface area contributed by atoms with Crippen LogP contribution in [-0.2, 0) is 5.41 Å². The molecule has 1 aromatic carbocycles. The Morgan fingerprint density at radius 2 is 1.78 bits per heavy atom. The lowest BCUT2D eigenvalue weighted by Gasteiger charge is -2.32. The molecule has 0 saturated heterocycles. The standard InChI is InChI=1S/C15H21NO2/c1-15(2,3)11-6-4-10(5-7-11)14(18)16-12-8-13(17)9-12/h4-7,12-13,17H,8-9H2,1-3H3,(H,16,18). The number of aliphatic hydroxyl groups excluding tert-OH is 1. The van der Waals surface area contributed by atoms with E-state index in [1.54, 1.807) is 0 Å². The van der Waals surface area contributed by atoms with Gasteiger partial charge in [-0.05, 0) is 36.0 Å². The Hall–Kier alpha value is -1.35. The van der Waals surface area contributed by atoms with Gasteiger partial charge in [-0.3, -0.25) is 4.79 Å². The maximum atomic E-state index is 11.9. The highest BCUT2D eigenvalue weighted by Gasteiger charge is 2.28. The molecule has 0 bridgehead atoms. The summed E-state index contributed by atoms with van der Waals surface area (Å²) in [5.74, 6) is -0.0487. The van der Waals surface area contributed by atoms with Crippen LogP contribution in [0.3, 0.4) is 0 Å². The smallest absolute Gasteiger partial charge is 0.251 e. The van der Waals surface area contributed by atoms with Gasteiger partial charge in [-0.25, -0.2) is 0 Å². The van der Waals surface area contributed by atoms with Gasteiger partial charge in [0.05, 0.1) is 6.10 Å². The summed E-state index contributed by atoms with van der Waals surface area (Å²) in [7, 11) is 0. The van der Waals surface area contributed by atoms with E-state index < -0.39 is 0 Å². The van der Waals surface area contributed by atoms with Crippen molar-refractivity contribution in [2.24, 2.45) is 0 Å². The fraction of sp³-hybridized carbons (Fsp3) is 0.533. The highest BCUT2D eigenvalue weighted by molar-refractivity contribution is 5.94. The molecule has 2 rings (SSSR count). The van der Waals surface area contributed by atoms with Gasteiger partial charge in [0.2, 0.25) is 0 Å². The Morgan fingerprint density at radius 3 is 2.22 bits per heavy atom. The molecule has 1 amide bonds. The first kappa shape index (κ1) is 13.1. The van der Waals surface area contributed by atoms with Crippen LogP contribution < -0.4 is 5.32 Å². The minimum Gasteiger partial charge on any atom is -0.393 e. The fourth-order valence-corrected chi connectivity index (χ4v) is 2.10. The molecule has 0 aromatic heterocycles. The molecule has 0 heterocycles. The second-order valence-corrected chi connectivity index (χ2v) is 6.12. The number of carbonyl (C=O) groups excluding carboxylic acids is 1. The number of carbonyl (C=O) groups is 1. The van der Waals surface area contributed by atoms with Crippen molar-refractivity contribution in [2.75, 3.05) is 0 Å². The van der Waals surface area contributed by atoms with Crippen molar-refractivity contribution in [2.45, 2.75) is 51.2 Å². The van der Waals surface area contributed by atoms with Gasteiger partial charge in [-0.1, -0.05) is 32.9 Å². The van der Waals surface area contributed by atoms with Crippen LogP contribution in [0.15, 0.2) is 24.3 Å². The van der Waals surface area contributed by atoms with E-state index in [2.05, 4.69) is 26.1 Å². The van der Waals surface area contributed by atoms with E-state index in [1.165, 1.54) is 5.56 Å². The quantitative estimate of drug-likeness (QED) is 0.842. The average molecular weight is 247 g/mol. The summed E-state index contributed by atoms with van der Waals surface area (Å²) < 4.78 is 0. The molecular formula is C15H21NO2. The Balaban J connectivity index is 1.99. The average Bonchev–Trinajstić information content (AvgIpc) is 2.26. The van der Waals surface area contributed by atoms with Crippen molar-refractivity contribution in [3.8, 4) is 0 Å². The molecule has 1 aromatic rings. The molecule has 0 unspecified atom stereocenters. The van der Waals surface area contributed by atoms with E-state index in [1.807, 2.05) is 24.3 Å². The Kier molecular flexibility index (Phi) is 3.44. The van der Waals surface area contributed by atoms with Crippen LogP contribution >= 0.6 is 0 Å². The van der Waals surface area contributed by atoms with E-state index in [-0.39, 0.29) is 23.5 Å². The first-order valence-electron chi connectivity index (χ1n) is 6.46. The number of nitrogens with one attached hydrogen (secondary N) is 1. The van der Waals surface area contributed by atoms with Crippen molar-refractivity contribution in [3.05, 3.63) is 35.4 Å². The number of hydrogen-bond donors (Lipinski definition) is 2. The maximum Gasteiger partial charge on any atom is 0.251 e. The molecule has 18 heavy (non-hydrogen) atoms. The third kappa shape index (κ3) is 2.91. The number of rotatable bonds is 2. The van der Waals surface area contributed by atoms with E-state index in [0.717, 1.165) is 0 Å². The van der Waals surface area contributed by atoms with Gasteiger partial charge >= 0.3 is 0 Å². The molecule has 0 spiro atoms. The lowest BCUT2D eigenvalue weighted by Crippen LogP contribution is -2.46. The third-order valence-corrected chi connectivity index (χ3v) is 3.46. The first-order chi connectivity index (χ1) is 8.36. The molecule has 98 valence electrons. The van der Waals surface area contributed by atoms with Gasteiger partial charge in [-0.2, -0.15) is 0 Å². The molecule has 1 aliphatic carbocycles. The summed E-state index contributed by atoms with van der Waals surface area (Å²) in [6, 6.07) is 7.88. The van der Waals surface area contributed by atoms with Gasteiger partial charge in [-0.15, -0.1) is 0 Å². The second kappa shape index (κ2) is 4.73.